The average Bonchev–Trinajstić information content (AvgIpc) is 2.41. The molecule has 0 spiro atoms. The topological polar surface area (TPSA) is 81.1 Å². The van der Waals surface area contributed by atoms with E-state index in [0.717, 1.165) is 11.4 Å². The second kappa shape index (κ2) is 5.65. The van der Waals surface area contributed by atoms with Crippen molar-refractivity contribution in [1.82, 2.24) is 0 Å². The second-order valence-electron chi connectivity index (χ2n) is 5.07. The average molecular weight is 269 g/mol. The SMILES string of the molecule is CC(C)c1ccc(Nc2ccc(C(N)=O)cc2N)cc1. The molecule has 20 heavy (non-hydrogen) atoms. The molecule has 0 aliphatic carbocycles. The quantitative estimate of drug-likeness (QED) is 0.745. The first-order valence-corrected chi connectivity index (χ1v) is 6.53. The van der Waals surface area contributed by atoms with Gasteiger partial charge >= 0.3 is 0 Å². The first-order chi connectivity index (χ1) is 9.47. The largest absolute Gasteiger partial charge is 0.397 e. The Morgan fingerprint density at radius 1 is 1.10 bits per heavy atom. The highest BCUT2D eigenvalue weighted by Gasteiger charge is 2.05. The van der Waals surface area contributed by atoms with Crippen LogP contribution in [-0.4, -0.2) is 5.91 Å². The van der Waals surface area contributed by atoms with E-state index in [4.69, 9.17) is 11.5 Å². The molecule has 0 heterocycles. The summed E-state index contributed by atoms with van der Waals surface area (Å²) < 4.78 is 0. The molecular weight excluding hydrogens is 250 g/mol. The highest BCUT2D eigenvalue weighted by atomic mass is 16.1. The van der Waals surface area contributed by atoms with Gasteiger partial charge in [0, 0.05) is 11.3 Å². The number of hydrogen-bond donors (Lipinski definition) is 3. The maximum Gasteiger partial charge on any atom is 0.248 e. The van der Waals surface area contributed by atoms with Gasteiger partial charge in [0.1, 0.15) is 0 Å². The van der Waals surface area contributed by atoms with Crippen LogP contribution >= 0.6 is 0 Å². The summed E-state index contributed by atoms with van der Waals surface area (Å²) >= 11 is 0. The van der Waals surface area contributed by atoms with Crippen LogP contribution in [0.5, 0.6) is 0 Å². The van der Waals surface area contributed by atoms with Gasteiger partial charge in [0.2, 0.25) is 5.91 Å². The molecule has 0 radical (unpaired) electrons. The second-order valence-corrected chi connectivity index (χ2v) is 5.07. The molecule has 104 valence electrons. The van der Waals surface area contributed by atoms with E-state index in [1.807, 2.05) is 12.1 Å². The summed E-state index contributed by atoms with van der Waals surface area (Å²) in [5.74, 6) is 0.0218. The van der Waals surface area contributed by atoms with Gasteiger partial charge in [-0.1, -0.05) is 26.0 Å². The molecule has 0 saturated carbocycles. The predicted octanol–water partition coefficient (Wildman–Crippen LogP) is 3.23. The number of carbonyl (C=O) groups is 1. The van der Waals surface area contributed by atoms with Crippen LogP contribution in [0.25, 0.3) is 0 Å². The van der Waals surface area contributed by atoms with Crippen LogP contribution in [0.2, 0.25) is 0 Å². The van der Waals surface area contributed by atoms with Crippen molar-refractivity contribution in [2.45, 2.75) is 19.8 Å². The van der Waals surface area contributed by atoms with Crippen molar-refractivity contribution in [3.05, 3.63) is 53.6 Å². The number of anilines is 3. The Labute approximate surface area is 118 Å². The van der Waals surface area contributed by atoms with Gasteiger partial charge in [-0.15, -0.1) is 0 Å². The summed E-state index contributed by atoms with van der Waals surface area (Å²) in [7, 11) is 0. The number of benzene rings is 2. The summed E-state index contributed by atoms with van der Waals surface area (Å²) in [6, 6.07) is 13.2. The first kappa shape index (κ1) is 13.9. The number of nitrogens with two attached hydrogens (primary N) is 2. The number of nitrogens with one attached hydrogen (secondary N) is 1. The minimum Gasteiger partial charge on any atom is -0.397 e. The molecule has 0 fully saturated rings. The molecule has 0 aromatic heterocycles. The normalized spacial score (nSPS) is 10.6. The molecule has 2 aromatic rings. The molecule has 1 amide bonds. The van der Waals surface area contributed by atoms with Crippen molar-refractivity contribution >= 4 is 23.0 Å². The Hall–Kier alpha value is -2.49. The van der Waals surface area contributed by atoms with Gasteiger partial charge in [-0.25, -0.2) is 0 Å². The third kappa shape index (κ3) is 3.09. The summed E-state index contributed by atoms with van der Waals surface area (Å²) in [5.41, 5.74) is 15.0. The molecule has 4 nitrogen and oxygen atoms in total. The van der Waals surface area contributed by atoms with E-state index in [1.165, 1.54) is 5.56 Å². The van der Waals surface area contributed by atoms with Crippen molar-refractivity contribution < 1.29 is 4.79 Å². The highest BCUT2D eigenvalue weighted by molar-refractivity contribution is 5.95. The van der Waals surface area contributed by atoms with Crippen LogP contribution in [0, 0.1) is 0 Å². The summed E-state index contributed by atoms with van der Waals surface area (Å²) in [4.78, 5) is 11.1. The number of amides is 1. The molecular formula is C16H19N3O. The van der Waals surface area contributed by atoms with E-state index in [0.29, 0.717) is 17.2 Å². The van der Waals surface area contributed by atoms with Gasteiger partial charge in [0.25, 0.3) is 0 Å². The van der Waals surface area contributed by atoms with Gasteiger partial charge in [-0.2, -0.15) is 0 Å². The van der Waals surface area contributed by atoms with Crippen LogP contribution in [0.1, 0.15) is 35.7 Å². The van der Waals surface area contributed by atoms with Gasteiger partial charge in [0.15, 0.2) is 0 Å². The molecule has 0 aliphatic rings. The summed E-state index contributed by atoms with van der Waals surface area (Å²) in [6.45, 7) is 4.31. The Bertz CT molecular complexity index is 618. The molecule has 5 N–H and O–H groups in total. The van der Waals surface area contributed by atoms with E-state index in [1.54, 1.807) is 18.2 Å². The van der Waals surface area contributed by atoms with Crippen LogP contribution in [-0.2, 0) is 0 Å². The Morgan fingerprint density at radius 2 is 1.75 bits per heavy atom. The monoisotopic (exact) mass is 269 g/mol. The van der Waals surface area contributed by atoms with Crippen molar-refractivity contribution in [3.8, 4) is 0 Å². The lowest BCUT2D eigenvalue weighted by Crippen LogP contribution is -2.11. The van der Waals surface area contributed by atoms with E-state index in [-0.39, 0.29) is 0 Å². The molecule has 0 unspecified atom stereocenters. The van der Waals surface area contributed by atoms with Crippen molar-refractivity contribution in [2.24, 2.45) is 5.73 Å². The molecule has 0 atom stereocenters. The van der Waals surface area contributed by atoms with Gasteiger partial charge in [0.05, 0.1) is 11.4 Å². The zero-order chi connectivity index (χ0) is 14.7. The Kier molecular flexibility index (Phi) is 3.94. The first-order valence-electron chi connectivity index (χ1n) is 6.53. The van der Waals surface area contributed by atoms with Crippen molar-refractivity contribution in [1.29, 1.82) is 0 Å². The third-order valence-electron chi connectivity index (χ3n) is 3.19. The van der Waals surface area contributed by atoms with E-state index in [9.17, 15) is 4.79 Å². The van der Waals surface area contributed by atoms with Crippen LogP contribution in [0.15, 0.2) is 42.5 Å². The van der Waals surface area contributed by atoms with Gasteiger partial charge in [-0.3, -0.25) is 4.79 Å². The van der Waals surface area contributed by atoms with Gasteiger partial charge in [-0.05, 0) is 41.8 Å². The molecule has 4 heteroatoms. The fraction of sp³-hybridized carbons (Fsp3) is 0.188. The van der Waals surface area contributed by atoms with Crippen molar-refractivity contribution in [3.63, 3.8) is 0 Å². The Morgan fingerprint density at radius 3 is 2.25 bits per heavy atom. The Balaban J connectivity index is 2.19. The van der Waals surface area contributed by atoms with Crippen LogP contribution < -0.4 is 16.8 Å². The molecule has 2 rings (SSSR count). The minimum absolute atomic E-state index is 0.406. The minimum atomic E-state index is -0.482. The maximum atomic E-state index is 11.1. The fourth-order valence-corrected chi connectivity index (χ4v) is 1.94. The number of primary amides is 1. The number of hydrogen-bond acceptors (Lipinski definition) is 3. The molecule has 0 bridgehead atoms. The third-order valence-corrected chi connectivity index (χ3v) is 3.19. The maximum absolute atomic E-state index is 11.1. The standard InChI is InChI=1S/C16H19N3O/c1-10(2)11-3-6-13(7-4-11)19-15-8-5-12(16(18)20)9-14(15)17/h3-10,19H,17H2,1-2H3,(H2,18,20). The lowest BCUT2D eigenvalue weighted by Gasteiger charge is -2.11. The summed E-state index contributed by atoms with van der Waals surface area (Å²) in [6.07, 6.45) is 0. The predicted molar refractivity (Wildman–Crippen MR) is 83.2 cm³/mol. The van der Waals surface area contributed by atoms with E-state index in [2.05, 4.69) is 31.3 Å². The van der Waals surface area contributed by atoms with Crippen molar-refractivity contribution in [2.75, 3.05) is 11.1 Å². The van der Waals surface area contributed by atoms with Crippen LogP contribution in [0.3, 0.4) is 0 Å². The number of nitrogen functional groups attached to an aromatic ring is 1. The molecule has 0 aliphatic heterocycles. The summed E-state index contributed by atoms with van der Waals surface area (Å²) in [5, 5.41) is 3.23. The lowest BCUT2D eigenvalue weighted by atomic mass is 10.0. The van der Waals surface area contributed by atoms with Gasteiger partial charge < -0.3 is 16.8 Å². The van der Waals surface area contributed by atoms with E-state index < -0.39 is 5.91 Å². The molecule has 0 saturated heterocycles. The zero-order valence-electron chi connectivity index (χ0n) is 11.7. The highest BCUT2D eigenvalue weighted by Crippen LogP contribution is 2.25. The van der Waals surface area contributed by atoms with E-state index >= 15 is 0 Å². The zero-order valence-corrected chi connectivity index (χ0v) is 11.7. The number of carbonyl (C=O) groups excluding carboxylic acids is 1. The smallest absolute Gasteiger partial charge is 0.248 e. The van der Waals surface area contributed by atoms with Crippen LogP contribution in [0.4, 0.5) is 17.1 Å². The lowest BCUT2D eigenvalue weighted by molar-refractivity contribution is 0.100. The molecule has 2 aromatic carbocycles. The number of rotatable bonds is 4. The fourth-order valence-electron chi connectivity index (χ4n) is 1.94.